The first-order valence-corrected chi connectivity index (χ1v) is 11.9. The number of carbonyl (C=O) groups is 2. The highest BCUT2D eigenvalue weighted by molar-refractivity contribution is 7.99. The van der Waals surface area contributed by atoms with Crippen molar-refractivity contribution in [1.29, 1.82) is 0 Å². The molecule has 2 aromatic carbocycles. The van der Waals surface area contributed by atoms with Gasteiger partial charge in [0.25, 0.3) is 5.91 Å². The van der Waals surface area contributed by atoms with Crippen LogP contribution in [0.1, 0.15) is 28.4 Å². The van der Waals surface area contributed by atoms with Crippen LogP contribution in [0.5, 0.6) is 5.75 Å². The van der Waals surface area contributed by atoms with E-state index in [2.05, 4.69) is 23.1 Å². The van der Waals surface area contributed by atoms with Crippen LogP contribution in [-0.4, -0.2) is 60.0 Å². The number of piperazine rings is 1. The van der Waals surface area contributed by atoms with E-state index in [-0.39, 0.29) is 11.7 Å². The SMILES string of the molecule is CC(=O)C=C(N)CSc1ccccc1C(=O)N1CCN(Cc2ccc3c(c2)CCO3)CC1. The average molecular weight is 452 g/mol. The predicted molar refractivity (Wildman–Crippen MR) is 127 cm³/mol. The Bertz CT molecular complexity index is 1030. The zero-order valence-electron chi connectivity index (χ0n) is 18.4. The van der Waals surface area contributed by atoms with Crippen LogP contribution >= 0.6 is 11.8 Å². The summed E-state index contributed by atoms with van der Waals surface area (Å²) in [5.74, 6) is 1.47. The molecule has 6 nitrogen and oxygen atoms in total. The number of benzene rings is 2. The molecular formula is C25H29N3O3S. The van der Waals surface area contributed by atoms with E-state index in [0.29, 0.717) is 30.1 Å². The van der Waals surface area contributed by atoms with E-state index < -0.39 is 0 Å². The van der Waals surface area contributed by atoms with Gasteiger partial charge in [0.05, 0.1) is 12.2 Å². The summed E-state index contributed by atoms with van der Waals surface area (Å²) in [6, 6.07) is 14.1. The molecule has 2 heterocycles. The van der Waals surface area contributed by atoms with Gasteiger partial charge in [0, 0.05) is 61.6 Å². The summed E-state index contributed by atoms with van der Waals surface area (Å²) in [5.41, 5.74) is 9.71. The van der Waals surface area contributed by atoms with Gasteiger partial charge in [0.2, 0.25) is 0 Å². The molecule has 32 heavy (non-hydrogen) atoms. The number of rotatable bonds is 7. The van der Waals surface area contributed by atoms with E-state index in [9.17, 15) is 9.59 Å². The van der Waals surface area contributed by atoms with Crippen molar-refractivity contribution in [3.05, 3.63) is 70.9 Å². The summed E-state index contributed by atoms with van der Waals surface area (Å²) in [6.45, 7) is 6.26. The molecule has 0 bridgehead atoms. The normalized spacial score (nSPS) is 16.5. The molecule has 2 N–H and O–H groups in total. The van der Waals surface area contributed by atoms with Gasteiger partial charge >= 0.3 is 0 Å². The summed E-state index contributed by atoms with van der Waals surface area (Å²) >= 11 is 1.49. The highest BCUT2D eigenvalue weighted by Crippen LogP contribution is 2.27. The van der Waals surface area contributed by atoms with Crippen LogP contribution in [0.15, 0.2) is 59.1 Å². The average Bonchev–Trinajstić information content (AvgIpc) is 3.25. The third kappa shape index (κ3) is 5.53. The van der Waals surface area contributed by atoms with Crippen molar-refractivity contribution in [1.82, 2.24) is 9.80 Å². The van der Waals surface area contributed by atoms with Gasteiger partial charge in [-0.05, 0) is 36.2 Å². The van der Waals surface area contributed by atoms with Crippen molar-refractivity contribution in [2.45, 2.75) is 24.8 Å². The maximum Gasteiger partial charge on any atom is 0.255 e. The molecule has 4 rings (SSSR count). The summed E-state index contributed by atoms with van der Waals surface area (Å²) < 4.78 is 5.60. The summed E-state index contributed by atoms with van der Waals surface area (Å²) in [6.07, 6.45) is 2.42. The fourth-order valence-corrected chi connectivity index (χ4v) is 5.00. The van der Waals surface area contributed by atoms with Gasteiger partial charge in [-0.15, -0.1) is 11.8 Å². The summed E-state index contributed by atoms with van der Waals surface area (Å²) in [4.78, 5) is 29.6. The number of ketones is 1. The lowest BCUT2D eigenvalue weighted by molar-refractivity contribution is -0.112. The molecule has 2 aliphatic heterocycles. The second-order valence-corrected chi connectivity index (χ2v) is 9.24. The van der Waals surface area contributed by atoms with E-state index in [1.807, 2.05) is 29.2 Å². The zero-order chi connectivity index (χ0) is 22.5. The van der Waals surface area contributed by atoms with Crippen molar-refractivity contribution in [3.63, 3.8) is 0 Å². The number of nitrogens with two attached hydrogens (primary N) is 1. The van der Waals surface area contributed by atoms with Crippen molar-refractivity contribution in [3.8, 4) is 5.75 Å². The molecule has 0 radical (unpaired) electrons. The van der Waals surface area contributed by atoms with Crippen LogP contribution in [-0.2, 0) is 17.8 Å². The minimum absolute atomic E-state index is 0.0524. The lowest BCUT2D eigenvalue weighted by Crippen LogP contribution is -2.48. The highest BCUT2D eigenvalue weighted by atomic mass is 32.2. The smallest absolute Gasteiger partial charge is 0.255 e. The molecule has 0 aromatic heterocycles. The Labute approximate surface area is 193 Å². The standard InChI is InChI=1S/C25H29N3O3S/c1-18(29)14-21(26)17-32-24-5-3-2-4-22(24)25(30)28-11-9-27(10-12-28)16-19-6-7-23-20(15-19)8-13-31-23/h2-7,14-15H,8-13,16-17,26H2,1H3. The number of amides is 1. The molecule has 2 aromatic rings. The number of thioether (sulfide) groups is 1. The van der Waals surface area contributed by atoms with Gasteiger partial charge in [0.1, 0.15) is 5.75 Å². The van der Waals surface area contributed by atoms with Crippen molar-refractivity contribution >= 4 is 23.5 Å². The fraction of sp³-hybridized carbons (Fsp3) is 0.360. The van der Waals surface area contributed by atoms with E-state index in [4.69, 9.17) is 10.5 Å². The number of fused-ring (bicyclic) bond motifs is 1. The first-order chi connectivity index (χ1) is 15.5. The first-order valence-electron chi connectivity index (χ1n) is 10.9. The maximum atomic E-state index is 13.2. The Balaban J connectivity index is 1.34. The van der Waals surface area contributed by atoms with Gasteiger partial charge in [-0.2, -0.15) is 0 Å². The Morgan fingerprint density at radius 1 is 1.12 bits per heavy atom. The van der Waals surface area contributed by atoms with Gasteiger partial charge in [-0.25, -0.2) is 0 Å². The predicted octanol–water partition coefficient (Wildman–Crippen LogP) is 3.10. The molecule has 0 saturated carbocycles. The Morgan fingerprint density at radius 2 is 1.91 bits per heavy atom. The summed E-state index contributed by atoms with van der Waals surface area (Å²) in [5, 5.41) is 0. The molecule has 1 saturated heterocycles. The minimum atomic E-state index is -0.0708. The largest absolute Gasteiger partial charge is 0.493 e. The molecule has 2 aliphatic rings. The Hall–Kier alpha value is -2.77. The van der Waals surface area contributed by atoms with E-state index in [1.165, 1.54) is 35.9 Å². The van der Waals surface area contributed by atoms with Crippen molar-refractivity contribution < 1.29 is 14.3 Å². The van der Waals surface area contributed by atoms with Crippen LogP contribution in [0.3, 0.4) is 0 Å². The zero-order valence-corrected chi connectivity index (χ0v) is 19.2. The second kappa shape index (κ2) is 10.2. The Morgan fingerprint density at radius 3 is 2.69 bits per heavy atom. The highest BCUT2D eigenvalue weighted by Gasteiger charge is 2.24. The molecule has 0 aliphatic carbocycles. The molecule has 1 amide bonds. The third-order valence-electron chi connectivity index (χ3n) is 5.72. The van der Waals surface area contributed by atoms with Crippen LogP contribution in [0, 0.1) is 0 Å². The number of hydrogen-bond donors (Lipinski definition) is 1. The third-order valence-corrected chi connectivity index (χ3v) is 6.86. The Kier molecular flexibility index (Phi) is 7.17. The van der Waals surface area contributed by atoms with Crippen molar-refractivity contribution in [2.24, 2.45) is 5.73 Å². The maximum absolute atomic E-state index is 13.2. The molecule has 0 spiro atoms. The first kappa shape index (κ1) is 22.4. The number of nitrogens with zero attached hydrogens (tertiary/aromatic N) is 2. The van der Waals surface area contributed by atoms with Crippen LogP contribution in [0.2, 0.25) is 0 Å². The minimum Gasteiger partial charge on any atom is -0.493 e. The van der Waals surface area contributed by atoms with Crippen LogP contribution in [0.4, 0.5) is 0 Å². The van der Waals surface area contributed by atoms with Crippen molar-refractivity contribution in [2.75, 3.05) is 38.5 Å². The van der Waals surface area contributed by atoms with Crippen LogP contribution < -0.4 is 10.5 Å². The second-order valence-electron chi connectivity index (χ2n) is 8.22. The summed E-state index contributed by atoms with van der Waals surface area (Å²) in [7, 11) is 0. The molecule has 168 valence electrons. The van der Waals surface area contributed by atoms with E-state index in [1.54, 1.807) is 0 Å². The van der Waals surface area contributed by atoms with Gasteiger partial charge in [0.15, 0.2) is 5.78 Å². The molecule has 1 fully saturated rings. The quantitative estimate of drug-likeness (QED) is 0.515. The number of ether oxygens (including phenoxy) is 1. The number of allylic oxidation sites excluding steroid dienone is 1. The lowest BCUT2D eigenvalue weighted by Gasteiger charge is -2.35. The lowest BCUT2D eigenvalue weighted by atomic mass is 10.1. The van der Waals surface area contributed by atoms with Gasteiger partial charge < -0.3 is 15.4 Å². The number of carbonyl (C=O) groups excluding carboxylic acids is 2. The monoisotopic (exact) mass is 451 g/mol. The fourth-order valence-electron chi connectivity index (χ4n) is 4.11. The van der Waals surface area contributed by atoms with Gasteiger partial charge in [-0.1, -0.05) is 24.3 Å². The van der Waals surface area contributed by atoms with Gasteiger partial charge in [-0.3, -0.25) is 14.5 Å². The molecule has 7 heteroatoms. The van der Waals surface area contributed by atoms with E-state index in [0.717, 1.165) is 43.3 Å². The van der Waals surface area contributed by atoms with E-state index >= 15 is 0 Å². The van der Waals surface area contributed by atoms with Crippen LogP contribution in [0.25, 0.3) is 0 Å². The number of hydrogen-bond acceptors (Lipinski definition) is 6. The molecule has 0 unspecified atom stereocenters. The topological polar surface area (TPSA) is 75.9 Å². The molecular weight excluding hydrogens is 422 g/mol. The molecule has 0 atom stereocenters.